The zero-order valence-electron chi connectivity index (χ0n) is 21.2. The first kappa shape index (κ1) is 26.4. The molecule has 2 aromatic carbocycles. The monoisotopic (exact) mass is 510 g/mol. The number of hydrogen-bond acceptors (Lipinski definition) is 4. The molecule has 2 amide bonds. The summed E-state index contributed by atoms with van der Waals surface area (Å²) >= 11 is 6.04. The highest BCUT2D eigenvalue weighted by molar-refractivity contribution is 6.30. The molecule has 6 nitrogen and oxygen atoms in total. The largest absolute Gasteiger partial charge is 0.384 e. The number of amides is 2. The number of carbonyl (C=O) groups is 3. The number of aliphatic hydroxyl groups is 1. The van der Waals surface area contributed by atoms with Crippen molar-refractivity contribution in [3.8, 4) is 0 Å². The van der Waals surface area contributed by atoms with Crippen LogP contribution >= 0.6 is 11.6 Å². The van der Waals surface area contributed by atoms with E-state index in [1.807, 2.05) is 30.9 Å². The molecule has 192 valence electrons. The van der Waals surface area contributed by atoms with Gasteiger partial charge in [0.15, 0.2) is 5.78 Å². The quantitative estimate of drug-likeness (QED) is 0.537. The Hall–Kier alpha value is -2.70. The predicted molar refractivity (Wildman–Crippen MR) is 140 cm³/mol. The van der Waals surface area contributed by atoms with E-state index >= 15 is 0 Å². The van der Waals surface area contributed by atoms with Crippen molar-refractivity contribution in [2.24, 2.45) is 11.3 Å². The standard InChI is InChI=1S/C29H35ClN2O4/c1-4-25(33)19-7-5-8-20(17-19)26(34)31-24-10-6-9-23(24)27(35)32-16-15-29(36,28(2,3)18-32)21-11-13-22(30)14-12-21/h5,7-8,11-14,17,23-24,36H,4,6,9-10,15-16,18H2,1-3H3,(H,31,34)/t23-,24+,29-/m0/s1. The third-order valence-corrected chi connectivity index (χ3v) is 8.25. The van der Waals surface area contributed by atoms with Crippen LogP contribution in [0.2, 0.25) is 5.02 Å². The first-order valence-electron chi connectivity index (χ1n) is 12.8. The first-order chi connectivity index (χ1) is 17.1. The molecule has 2 aromatic rings. The molecule has 1 saturated carbocycles. The van der Waals surface area contributed by atoms with Crippen LogP contribution < -0.4 is 5.32 Å². The zero-order valence-corrected chi connectivity index (χ0v) is 22.0. The van der Waals surface area contributed by atoms with Gasteiger partial charge >= 0.3 is 0 Å². The van der Waals surface area contributed by atoms with Crippen LogP contribution in [0, 0.1) is 11.3 Å². The van der Waals surface area contributed by atoms with Gasteiger partial charge in [-0.05, 0) is 49.1 Å². The van der Waals surface area contributed by atoms with Gasteiger partial charge in [0.25, 0.3) is 5.91 Å². The van der Waals surface area contributed by atoms with Crippen LogP contribution in [0.15, 0.2) is 48.5 Å². The van der Waals surface area contributed by atoms with Crippen LogP contribution in [0.1, 0.15) is 79.2 Å². The van der Waals surface area contributed by atoms with Crippen molar-refractivity contribution >= 4 is 29.2 Å². The van der Waals surface area contributed by atoms with Crippen LogP contribution in [-0.2, 0) is 10.4 Å². The number of Topliss-reactive ketones (excluding diaryl/α,β-unsaturated/α-hetero) is 1. The first-order valence-corrected chi connectivity index (χ1v) is 13.1. The average molecular weight is 511 g/mol. The second-order valence-corrected chi connectivity index (χ2v) is 11.2. The lowest BCUT2D eigenvalue weighted by molar-refractivity contribution is -0.156. The predicted octanol–water partition coefficient (Wildman–Crippen LogP) is 4.98. The zero-order chi connectivity index (χ0) is 26.1. The summed E-state index contributed by atoms with van der Waals surface area (Å²) in [6.45, 7) is 6.63. The van der Waals surface area contributed by atoms with Gasteiger partial charge in [0.1, 0.15) is 0 Å². The number of piperidine rings is 1. The number of ketones is 1. The lowest BCUT2D eigenvalue weighted by atomic mass is 9.66. The van der Waals surface area contributed by atoms with E-state index in [9.17, 15) is 19.5 Å². The molecule has 1 aliphatic carbocycles. The van der Waals surface area contributed by atoms with Crippen molar-refractivity contribution in [1.29, 1.82) is 0 Å². The number of likely N-dealkylation sites (tertiary alicyclic amines) is 1. The van der Waals surface area contributed by atoms with Gasteiger partial charge in [-0.3, -0.25) is 14.4 Å². The minimum atomic E-state index is -1.07. The Balaban J connectivity index is 1.45. The van der Waals surface area contributed by atoms with Crippen LogP contribution in [-0.4, -0.2) is 46.7 Å². The molecule has 0 bridgehead atoms. The van der Waals surface area contributed by atoms with E-state index in [1.165, 1.54) is 0 Å². The Morgan fingerprint density at radius 2 is 1.78 bits per heavy atom. The molecule has 7 heteroatoms. The second-order valence-electron chi connectivity index (χ2n) is 10.7. The van der Waals surface area contributed by atoms with Crippen LogP contribution in [0.25, 0.3) is 0 Å². The normalized spacial score (nSPS) is 25.4. The van der Waals surface area contributed by atoms with Gasteiger partial charge in [0.2, 0.25) is 5.91 Å². The summed E-state index contributed by atoms with van der Waals surface area (Å²) < 4.78 is 0. The van der Waals surface area contributed by atoms with Crippen LogP contribution in [0.3, 0.4) is 0 Å². The van der Waals surface area contributed by atoms with Gasteiger partial charge in [-0.15, -0.1) is 0 Å². The van der Waals surface area contributed by atoms with Gasteiger partial charge in [-0.25, -0.2) is 0 Å². The number of benzene rings is 2. The molecule has 0 spiro atoms. The van der Waals surface area contributed by atoms with E-state index in [2.05, 4.69) is 5.32 Å². The Morgan fingerprint density at radius 3 is 2.44 bits per heavy atom. The maximum atomic E-state index is 13.6. The van der Waals surface area contributed by atoms with Gasteiger partial charge in [-0.2, -0.15) is 0 Å². The van der Waals surface area contributed by atoms with Crippen molar-refractivity contribution in [1.82, 2.24) is 10.2 Å². The van der Waals surface area contributed by atoms with Crippen molar-refractivity contribution < 1.29 is 19.5 Å². The van der Waals surface area contributed by atoms with Crippen molar-refractivity contribution in [3.63, 3.8) is 0 Å². The number of carbonyl (C=O) groups excluding carboxylic acids is 3. The lowest BCUT2D eigenvalue weighted by Crippen LogP contribution is -2.58. The molecule has 1 saturated heterocycles. The molecule has 1 aliphatic heterocycles. The molecule has 2 N–H and O–H groups in total. The lowest BCUT2D eigenvalue weighted by Gasteiger charge is -2.51. The molecule has 2 aliphatic rings. The summed E-state index contributed by atoms with van der Waals surface area (Å²) in [5.41, 5.74) is 0.114. The molecular weight excluding hydrogens is 476 g/mol. The Labute approximate surface area is 218 Å². The molecule has 3 atom stereocenters. The Morgan fingerprint density at radius 1 is 1.08 bits per heavy atom. The highest BCUT2D eigenvalue weighted by Crippen LogP contribution is 2.46. The molecule has 1 heterocycles. The molecular formula is C29H35ClN2O4. The molecule has 4 rings (SSSR count). The van der Waals surface area contributed by atoms with E-state index in [0.717, 1.165) is 24.8 Å². The number of rotatable bonds is 6. The van der Waals surface area contributed by atoms with E-state index in [1.54, 1.807) is 43.3 Å². The molecule has 36 heavy (non-hydrogen) atoms. The molecule has 0 aromatic heterocycles. The number of nitrogens with one attached hydrogen (secondary N) is 1. The molecule has 0 unspecified atom stereocenters. The van der Waals surface area contributed by atoms with E-state index in [4.69, 9.17) is 11.6 Å². The van der Waals surface area contributed by atoms with Crippen molar-refractivity contribution in [3.05, 3.63) is 70.2 Å². The maximum Gasteiger partial charge on any atom is 0.251 e. The van der Waals surface area contributed by atoms with Crippen molar-refractivity contribution in [2.75, 3.05) is 13.1 Å². The topological polar surface area (TPSA) is 86.7 Å². The summed E-state index contributed by atoms with van der Waals surface area (Å²) in [5, 5.41) is 15.3. The highest BCUT2D eigenvalue weighted by Gasteiger charge is 2.50. The smallest absolute Gasteiger partial charge is 0.251 e. The summed E-state index contributed by atoms with van der Waals surface area (Å²) in [7, 11) is 0. The summed E-state index contributed by atoms with van der Waals surface area (Å²) in [4.78, 5) is 40.5. The number of hydrogen-bond donors (Lipinski definition) is 2. The molecule has 0 radical (unpaired) electrons. The van der Waals surface area contributed by atoms with Gasteiger partial charge in [0.05, 0.1) is 11.5 Å². The molecule has 2 fully saturated rings. The minimum Gasteiger partial charge on any atom is -0.384 e. The summed E-state index contributed by atoms with van der Waals surface area (Å²) in [5.74, 6) is -0.544. The van der Waals surface area contributed by atoms with E-state index in [0.29, 0.717) is 42.1 Å². The van der Waals surface area contributed by atoms with E-state index < -0.39 is 11.0 Å². The van der Waals surface area contributed by atoms with Gasteiger partial charge in [0, 0.05) is 47.1 Å². The maximum absolute atomic E-state index is 13.6. The van der Waals surface area contributed by atoms with Crippen molar-refractivity contribution in [2.45, 2.75) is 64.5 Å². The number of nitrogens with zero attached hydrogens (tertiary/aromatic N) is 1. The third-order valence-electron chi connectivity index (χ3n) is 8.00. The Bertz CT molecular complexity index is 1150. The van der Waals surface area contributed by atoms with E-state index in [-0.39, 0.29) is 29.6 Å². The Kier molecular flexibility index (Phi) is 7.58. The van der Waals surface area contributed by atoms with Crippen LogP contribution in [0.5, 0.6) is 0 Å². The average Bonchev–Trinajstić information content (AvgIpc) is 3.33. The van der Waals surface area contributed by atoms with Gasteiger partial charge < -0.3 is 15.3 Å². The second kappa shape index (κ2) is 10.3. The fraction of sp³-hybridized carbons (Fsp3) is 0.483. The highest BCUT2D eigenvalue weighted by atomic mass is 35.5. The SMILES string of the molecule is CCC(=O)c1cccc(C(=O)N[C@@H]2CCC[C@@H]2C(=O)N2CC[C@](O)(c3ccc(Cl)cc3)C(C)(C)C2)c1. The fourth-order valence-electron chi connectivity index (χ4n) is 5.72. The summed E-state index contributed by atoms with van der Waals surface area (Å²) in [6, 6.07) is 13.8. The van der Waals surface area contributed by atoms with Crippen LogP contribution in [0.4, 0.5) is 0 Å². The fourth-order valence-corrected chi connectivity index (χ4v) is 5.85. The summed E-state index contributed by atoms with van der Waals surface area (Å²) in [6.07, 6.45) is 3.12. The number of halogens is 1. The van der Waals surface area contributed by atoms with Gasteiger partial charge in [-0.1, -0.05) is 63.1 Å². The minimum absolute atomic E-state index is 0.00940. The third kappa shape index (κ3) is 5.07.